The zero-order valence-electron chi connectivity index (χ0n) is 17.1. The zero-order valence-corrected chi connectivity index (χ0v) is 18.7. The van der Waals surface area contributed by atoms with Crippen LogP contribution in [-0.2, 0) is 14.4 Å². The molecule has 160 valence electrons. The van der Waals surface area contributed by atoms with Gasteiger partial charge in [0, 0.05) is 10.0 Å². The summed E-state index contributed by atoms with van der Waals surface area (Å²) in [5.74, 6) is -1.63. The molecule has 2 saturated heterocycles. The zero-order chi connectivity index (χ0) is 22.4. The maximum absolute atomic E-state index is 13.6. The fourth-order valence-electron chi connectivity index (χ4n) is 4.36. The molecule has 2 heterocycles. The number of imide groups is 1. The Balaban J connectivity index is 1.58. The minimum absolute atomic E-state index is 0.135. The number of nitrogens with zero attached hydrogens (tertiary/aromatic N) is 2. The number of hydroxylamine groups is 1. The molecule has 5 rings (SSSR count). The third-order valence-corrected chi connectivity index (χ3v) is 6.32. The van der Waals surface area contributed by atoms with Crippen molar-refractivity contribution in [3.05, 3.63) is 94.5 Å². The number of hydrogen-bond acceptors (Lipinski definition) is 5. The van der Waals surface area contributed by atoms with Gasteiger partial charge in [-0.15, -0.1) is 0 Å². The van der Waals surface area contributed by atoms with Gasteiger partial charge in [-0.3, -0.25) is 19.2 Å². The molecule has 2 aliphatic heterocycles. The molecule has 6 nitrogen and oxygen atoms in total. The molecule has 0 saturated carbocycles. The highest BCUT2D eigenvalue weighted by Gasteiger charge is 2.60. The van der Waals surface area contributed by atoms with E-state index < -0.39 is 24.0 Å². The van der Waals surface area contributed by atoms with Gasteiger partial charge in [0.05, 0.1) is 17.4 Å². The molecule has 32 heavy (non-hydrogen) atoms. The molecule has 0 bridgehead atoms. The number of ketones is 1. The molecule has 0 aromatic heterocycles. The van der Waals surface area contributed by atoms with Crippen molar-refractivity contribution < 1.29 is 19.2 Å². The Hall–Kier alpha value is -3.29. The van der Waals surface area contributed by atoms with E-state index in [0.29, 0.717) is 11.3 Å². The van der Waals surface area contributed by atoms with Crippen molar-refractivity contribution in [3.63, 3.8) is 0 Å². The van der Waals surface area contributed by atoms with E-state index in [4.69, 9.17) is 4.84 Å². The van der Waals surface area contributed by atoms with Crippen LogP contribution in [0.2, 0.25) is 0 Å². The molecule has 3 atom stereocenters. The van der Waals surface area contributed by atoms with Gasteiger partial charge in [0.1, 0.15) is 5.92 Å². The fraction of sp³-hybridized carbons (Fsp3) is 0.160. The van der Waals surface area contributed by atoms with Gasteiger partial charge in [0.25, 0.3) is 5.91 Å². The average molecular weight is 491 g/mol. The van der Waals surface area contributed by atoms with E-state index in [1.807, 2.05) is 54.6 Å². The smallest absolute Gasteiger partial charge is 0.266 e. The maximum atomic E-state index is 13.6. The number of Topliss-reactive ketones (excluding diaryl/α,β-unsaturated/α-hetero) is 1. The average Bonchev–Trinajstić information content (AvgIpc) is 3.30. The summed E-state index contributed by atoms with van der Waals surface area (Å²) >= 11 is 3.50. The molecule has 2 aliphatic rings. The lowest BCUT2D eigenvalue weighted by Gasteiger charge is -2.29. The fourth-order valence-corrected chi connectivity index (χ4v) is 4.78. The van der Waals surface area contributed by atoms with Gasteiger partial charge in [-0.2, -0.15) is 0 Å². The van der Waals surface area contributed by atoms with Gasteiger partial charge in [-0.05, 0) is 48.9 Å². The largest absolute Gasteiger partial charge is 0.295 e. The lowest BCUT2D eigenvalue weighted by Crippen LogP contribution is -2.37. The van der Waals surface area contributed by atoms with Crippen LogP contribution in [0.5, 0.6) is 0 Å². The van der Waals surface area contributed by atoms with E-state index in [0.717, 1.165) is 20.6 Å². The van der Waals surface area contributed by atoms with Gasteiger partial charge >= 0.3 is 0 Å². The summed E-state index contributed by atoms with van der Waals surface area (Å²) in [6.45, 7) is 1.45. The molecule has 3 aromatic carbocycles. The third kappa shape index (κ3) is 3.34. The standard InChI is InChI=1S/C25H19BrN2O4/c1-15(29)16-7-6-12-20(14-16)27-24(30)21-22(17-8-5-9-18(26)13-17)28(32-23(21)25(27)31)19-10-3-2-4-11-19/h2-14,21-23H,1H3/t21-,22-,23-/m0/s1. The molecule has 0 unspecified atom stereocenters. The van der Waals surface area contributed by atoms with Gasteiger partial charge in [0.15, 0.2) is 11.9 Å². The Morgan fingerprint density at radius 1 is 0.875 bits per heavy atom. The summed E-state index contributed by atoms with van der Waals surface area (Å²) < 4.78 is 0.870. The quantitative estimate of drug-likeness (QED) is 0.391. The van der Waals surface area contributed by atoms with Crippen molar-refractivity contribution in [1.29, 1.82) is 0 Å². The van der Waals surface area contributed by atoms with Gasteiger partial charge in [-0.25, -0.2) is 9.96 Å². The van der Waals surface area contributed by atoms with Crippen LogP contribution in [0.1, 0.15) is 28.9 Å². The summed E-state index contributed by atoms with van der Waals surface area (Å²) in [4.78, 5) is 46.1. The summed E-state index contributed by atoms with van der Waals surface area (Å²) in [6.07, 6.45) is -0.951. The first-order valence-electron chi connectivity index (χ1n) is 10.2. The number of carbonyl (C=O) groups excluding carboxylic acids is 3. The van der Waals surface area contributed by atoms with Crippen molar-refractivity contribution in [2.75, 3.05) is 9.96 Å². The van der Waals surface area contributed by atoms with E-state index in [1.165, 1.54) is 6.92 Å². The number of halogens is 1. The van der Waals surface area contributed by atoms with Crippen LogP contribution < -0.4 is 9.96 Å². The van der Waals surface area contributed by atoms with Crippen molar-refractivity contribution >= 4 is 44.9 Å². The predicted molar refractivity (Wildman–Crippen MR) is 123 cm³/mol. The van der Waals surface area contributed by atoms with Gasteiger partial charge in [-0.1, -0.05) is 58.4 Å². The molecule has 0 N–H and O–H groups in total. The van der Waals surface area contributed by atoms with E-state index in [2.05, 4.69) is 15.9 Å². The van der Waals surface area contributed by atoms with E-state index >= 15 is 0 Å². The Morgan fingerprint density at radius 3 is 2.31 bits per heavy atom. The first-order chi connectivity index (χ1) is 15.5. The van der Waals surface area contributed by atoms with Crippen LogP contribution >= 0.6 is 15.9 Å². The topological polar surface area (TPSA) is 66.9 Å². The molecule has 2 fully saturated rings. The minimum atomic E-state index is -0.951. The number of hydrogen-bond donors (Lipinski definition) is 0. The monoisotopic (exact) mass is 490 g/mol. The number of rotatable bonds is 4. The molecule has 3 aromatic rings. The minimum Gasteiger partial charge on any atom is -0.295 e. The summed E-state index contributed by atoms with van der Waals surface area (Å²) in [5, 5.41) is 1.66. The van der Waals surface area contributed by atoms with E-state index in [9.17, 15) is 14.4 Å². The second-order valence-electron chi connectivity index (χ2n) is 7.83. The van der Waals surface area contributed by atoms with Crippen LogP contribution in [0.3, 0.4) is 0 Å². The van der Waals surface area contributed by atoms with E-state index in [1.54, 1.807) is 29.3 Å². The van der Waals surface area contributed by atoms with Crippen LogP contribution in [0.15, 0.2) is 83.3 Å². The highest BCUT2D eigenvalue weighted by Crippen LogP contribution is 2.47. The Morgan fingerprint density at radius 2 is 1.59 bits per heavy atom. The SMILES string of the molecule is CC(=O)c1cccc(N2C(=O)[C@@H]3[C@H](ON(c4ccccc4)[C@H]3c3cccc(Br)c3)C2=O)c1. The maximum Gasteiger partial charge on any atom is 0.266 e. The second kappa shape index (κ2) is 8.00. The van der Waals surface area contributed by atoms with Crippen molar-refractivity contribution in [2.45, 2.75) is 19.1 Å². The number of fused-ring (bicyclic) bond motifs is 1. The number of carbonyl (C=O) groups is 3. The molecule has 0 radical (unpaired) electrons. The Bertz CT molecular complexity index is 1230. The first kappa shape index (κ1) is 20.6. The molecule has 7 heteroatoms. The molecule has 2 amide bonds. The molecule has 0 spiro atoms. The van der Waals surface area contributed by atoms with Gasteiger partial charge in [0.2, 0.25) is 5.91 Å². The van der Waals surface area contributed by atoms with Crippen LogP contribution in [0, 0.1) is 5.92 Å². The lowest BCUT2D eigenvalue weighted by atomic mass is 9.90. The Labute approximate surface area is 193 Å². The number of para-hydroxylation sites is 1. The summed E-state index contributed by atoms with van der Waals surface area (Å²) in [6, 6.07) is 23.2. The molecular weight excluding hydrogens is 472 g/mol. The Kier molecular flexibility index (Phi) is 5.15. The van der Waals surface area contributed by atoms with Crippen LogP contribution in [0.4, 0.5) is 11.4 Å². The molecular formula is C25H19BrN2O4. The predicted octanol–water partition coefficient (Wildman–Crippen LogP) is 4.70. The summed E-state index contributed by atoms with van der Waals surface area (Å²) in [5.41, 5.74) is 2.44. The number of benzene rings is 3. The third-order valence-electron chi connectivity index (χ3n) is 5.83. The first-order valence-corrected chi connectivity index (χ1v) is 11.0. The molecule has 0 aliphatic carbocycles. The number of anilines is 2. The van der Waals surface area contributed by atoms with Crippen LogP contribution in [0.25, 0.3) is 0 Å². The highest BCUT2D eigenvalue weighted by atomic mass is 79.9. The van der Waals surface area contributed by atoms with Crippen molar-refractivity contribution in [2.24, 2.45) is 5.92 Å². The van der Waals surface area contributed by atoms with Gasteiger partial charge < -0.3 is 0 Å². The lowest BCUT2D eigenvalue weighted by molar-refractivity contribution is -0.126. The van der Waals surface area contributed by atoms with Crippen molar-refractivity contribution in [3.8, 4) is 0 Å². The normalized spacial score (nSPS) is 22.4. The van der Waals surface area contributed by atoms with E-state index in [-0.39, 0.29) is 11.7 Å². The second-order valence-corrected chi connectivity index (χ2v) is 8.75. The highest BCUT2D eigenvalue weighted by molar-refractivity contribution is 9.10. The summed E-state index contributed by atoms with van der Waals surface area (Å²) in [7, 11) is 0. The number of amides is 2. The van der Waals surface area contributed by atoms with Crippen molar-refractivity contribution in [1.82, 2.24) is 0 Å². The van der Waals surface area contributed by atoms with Crippen LogP contribution in [-0.4, -0.2) is 23.7 Å².